The van der Waals surface area contributed by atoms with Gasteiger partial charge in [-0.2, -0.15) is 0 Å². The van der Waals surface area contributed by atoms with Crippen molar-refractivity contribution in [3.63, 3.8) is 0 Å². The normalized spacial score (nSPS) is 10.4. The third-order valence-electron chi connectivity index (χ3n) is 3.14. The number of benzene rings is 2. The van der Waals surface area contributed by atoms with Crippen LogP contribution < -0.4 is 5.32 Å². The molecule has 1 N–H and O–H groups in total. The van der Waals surface area contributed by atoms with Gasteiger partial charge in [0.15, 0.2) is 0 Å². The van der Waals surface area contributed by atoms with Crippen LogP contribution in [0.15, 0.2) is 48.5 Å². The lowest BCUT2D eigenvalue weighted by atomic mass is 10.1. The van der Waals surface area contributed by atoms with E-state index in [9.17, 15) is 4.39 Å². The van der Waals surface area contributed by atoms with Crippen LogP contribution in [0.25, 0.3) is 0 Å². The first kappa shape index (κ1) is 13.6. The Morgan fingerprint density at radius 1 is 0.947 bits per heavy atom. The summed E-state index contributed by atoms with van der Waals surface area (Å²) in [6.45, 7) is 2.21. The second-order valence-corrected chi connectivity index (χ2v) is 4.79. The summed E-state index contributed by atoms with van der Waals surface area (Å²) in [7, 11) is 0. The van der Waals surface area contributed by atoms with Gasteiger partial charge in [-0.05, 0) is 48.7 Å². The van der Waals surface area contributed by atoms with Gasteiger partial charge in [-0.3, -0.25) is 0 Å². The standard InChI is InChI=1S/C17H20FN/c1-2-3-4-6-14-9-11-16(12-10-14)19-17-8-5-7-15(18)13-17/h5,7-13,19H,2-4,6H2,1H3. The summed E-state index contributed by atoms with van der Waals surface area (Å²) in [5.74, 6) is -0.221. The van der Waals surface area contributed by atoms with Crippen molar-refractivity contribution in [1.29, 1.82) is 0 Å². The average molecular weight is 257 g/mol. The SMILES string of the molecule is CCCCCc1ccc(Nc2cccc(F)c2)cc1. The first-order valence-corrected chi connectivity index (χ1v) is 6.89. The number of rotatable bonds is 6. The van der Waals surface area contributed by atoms with Gasteiger partial charge in [-0.15, -0.1) is 0 Å². The highest BCUT2D eigenvalue weighted by Crippen LogP contribution is 2.18. The molecule has 0 bridgehead atoms. The summed E-state index contributed by atoms with van der Waals surface area (Å²) >= 11 is 0. The molecule has 2 rings (SSSR count). The van der Waals surface area contributed by atoms with Gasteiger partial charge < -0.3 is 5.32 Å². The van der Waals surface area contributed by atoms with Crippen molar-refractivity contribution in [2.24, 2.45) is 0 Å². The molecular weight excluding hydrogens is 237 g/mol. The second-order valence-electron chi connectivity index (χ2n) is 4.79. The molecule has 0 aromatic heterocycles. The molecule has 0 heterocycles. The van der Waals surface area contributed by atoms with E-state index in [2.05, 4.69) is 24.4 Å². The summed E-state index contributed by atoms with van der Waals surface area (Å²) in [6.07, 6.45) is 4.91. The summed E-state index contributed by atoms with van der Waals surface area (Å²) in [5, 5.41) is 3.20. The van der Waals surface area contributed by atoms with E-state index in [0.717, 1.165) is 17.8 Å². The summed E-state index contributed by atoms with van der Waals surface area (Å²) < 4.78 is 13.1. The quantitative estimate of drug-likeness (QED) is 0.692. The molecular formula is C17H20FN. The Morgan fingerprint density at radius 2 is 1.74 bits per heavy atom. The van der Waals surface area contributed by atoms with E-state index >= 15 is 0 Å². The van der Waals surface area contributed by atoms with Crippen molar-refractivity contribution in [3.8, 4) is 0 Å². The van der Waals surface area contributed by atoms with E-state index in [0.29, 0.717) is 0 Å². The van der Waals surface area contributed by atoms with Crippen molar-refractivity contribution in [3.05, 3.63) is 59.9 Å². The minimum Gasteiger partial charge on any atom is -0.355 e. The fourth-order valence-corrected chi connectivity index (χ4v) is 2.07. The van der Waals surface area contributed by atoms with Gasteiger partial charge in [0.1, 0.15) is 5.82 Å². The van der Waals surface area contributed by atoms with Gasteiger partial charge in [-0.1, -0.05) is 38.0 Å². The molecule has 0 aliphatic rings. The topological polar surface area (TPSA) is 12.0 Å². The molecule has 0 unspecified atom stereocenters. The molecule has 1 nitrogen and oxygen atoms in total. The minimum absolute atomic E-state index is 0.221. The first-order valence-electron chi connectivity index (χ1n) is 6.89. The van der Waals surface area contributed by atoms with E-state index in [4.69, 9.17) is 0 Å². The molecule has 2 aromatic carbocycles. The van der Waals surface area contributed by atoms with E-state index in [1.807, 2.05) is 18.2 Å². The van der Waals surface area contributed by atoms with Crippen molar-refractivity contribution >= 4 is 11.4 Å². The maximum absolute atomic E-state index is 13.1. The fraction of sp³-hybridized carbons (Fsp3) is 0.294. The van der Waals surface area contributed by atoms with Crippen LogP contribution >= 0.6 is 0 Å². The molecule has 0 atom stereocenters. The summed E-state index contributed by atoms with van der Waals surface area (Å²) in [4.78, 5) is 0. The Balaban J connectivity index is 1.95. The van der Waals surface area contributed by atoms with E-state index in [-0.39, 0.29) is 5.82 Å². The van der Waals surface area contributed by atoms with Crippen molar-refractivity contribution in [2.75, 3.05) is 5.32 Å². The largest absolute Gasteiger partial charge is 0.355 e. The minimum atomic E-state index is -0.221. The van der Waals surface area contributed by atoms with Crippen LogP contribution in [0.4, 0.5) is 15.8 Å². The number of hydrogen-bond acceptors (Lipinski definition) is 1. The molecule has 0 aliphatic heterocycles. The van der Waals surface area contributed by atoms with E-state index < -0.39 is 0 Å². The molecule has 0 spiro atoms. The average Bonchev–Trinajstić information content (AvgIpc) is 2.41. The zero-order valence-electron chi connectivity index (χ0n) is 11.3. The Morgan fingerprint density at radius 3 is 2.42 bits per heavy atom. The summed E-state index contributed by atoms with van der Waals surface area (Å²) in [6, 6.07) is 14.9. The monoisotopic (exact) mass is 257 g/mol. The molecule has 0 radical (unpaired) electrons. The Bertz CT molecular complexity index is 505. The smallest absolute Gasteiger partial charge is 0.125 e. The maximum Gasteiger partial charge on any atom is 0.125 e. The van der Waals surface area contributed by atoms with Gasteiger partial charge in [-0.25, -0.2) is 4.39 Å². The highest BCUT2D eigenvalue weighted by Gasteiger charge is 1.97. The third kappa shape index (κ3) is 4.40. The van der Waals surface area contributed by atoms with Gasteiger partial charge in [0, 0.05) is 11.4 Å². The molecule has 0 saturated carbocycles. The molecule has 2 aromatic rings. The molecule has 2 heteroatoms. The van der Waals surface area contributed by atoms with Gasteiger partial charge >= 0.3 is 0 Å². The molecule has 0 amide bonds. The second kappa shape index (κ2) is 6.93. The van der Waals surface area contributed by atoms with Gasteiger partial charge in [0.05, 0.1) is 0 Å². The number of hydrogen-bond donors (Lipinski definition) is 1. The molecule has 0 aliphatic carbocycles. The zero-order valence-corrected chi connectivity index (χ0v) is 11.3. The highest BCUT2D eigenvalue weighted by atomic mass is 19.1. The summed E-state index contributed by atoms with van der Waals surface area (Å²) in [5.41, 5.74) is 3.13. The lowest BCUT2D eigenvalue weighted by Crippen LogP contribution is -1.92. The maximum atomic E-state index is 13.1. The molecule has 100 valence electrons. The lowest BCUT2D eigenvalue weighted by Gasteiger charge is -2.07. The van der Waals surface area contributed by atoms with Crippen LogP contribution in [0.5, 0.6) is 0 Å². The third-order valence-corrected chi connectivity index (χ3v) is 3.14. The Kier molecular flexibility index (Phi) is 4.96. The Labute approximate surface area is 114 Å². The van der Waals surface area contributed by atoms with Crippen molar-refractivity contribution in [2.45, 2.75) is 32.6 Å². The number of nitrogens with one attached hydrogen (secondary N) is 1. The molecule has 0 fully saturated rings. The molecule has 0 saturated heterocycles. The predicted molar refractivity (Wildman–Crippen MR) is 79.4 cm³/mol. The van der Waals surface area contributed by atoms with Gasteiger partial charge in [0.25, 0.3) is 0 Å². The fourth-order valence-electron chi connectivity index (χ4n) is 2.07. The van der Waals surface area contributed by atoms with Crippen LogP contribution in [-0.4, -0.2) is 0 Å². The van der Waals surface area contributed by atoms with E-state index in [1.165, 1.54) is 37.0 Å². The van der Waals surface area contributed by atoms with Crippen LogP contribution in [-0.2, 0) is 6.42 Å². The van der Waals surface area contributed by atoms with E-state index in [1.54, 1.807) is 6.07 Å². The number of anilines is 2. The number of aryl methyl sites for hydroxylation is 1. The van der Waals surface area contributed by atoms with Crippen LogP contribution in [0.1, 0.15) is 31.7 Å². The predicted octanol–water partition coefficient (Wildman–Crippen LogP) is 5.30. The van der Waals surface area contributed by atoms with Crippen LogP contribution in [0, 0.1) is 5.82 Å². The van der Waals surface area contributed by atoms with Crippen molar-refractivity contribution in [1.82, 2.24) is 0 Å². The first-order chi connectivity index (χ1) is 9.28. The number of unbranched alkanes of at least 4 members (excludes halogenated alkanes) is 2. The van der Waals surface area contributed by atoms with Crippen LogP contribution in [0.3, 0.4) is 0 Å². The molecule has 19 heavy (non-hydrogen) atoms. The highest BCUT2D eigenvalue weighted by molar-refractivity contribution is 5.59. The van der Waals surface area contributed by atoms with Crippen molar-refractivity contribution < 1.29 is 4.39 Å². The Hall–Kier alpha value is -1.83. The van der Waals surface area contributed by atoms with Gasteiger partial charge in [0.2, 0.25) is 0 Å². The van der Waals surface area contributed by atoms with Crippen LogP contribution in [0.2, 0.25) is 0 Å². The lowest BCUT2D eigenvalue weighted by molar-refractivity contribution is 0.628. The zero-order chi connectivity index (χ0) is 13.5. The number of halogens is 1.